The van der Waals surface area contributed by atoms with Crippen molar-refractivity contribution in [1.82, 2.24) is 9.78 Å². The Morgan fingerprint density at radius 3 is 2.57 bits per heavy atom. The van der Waals surface area contributed by atoms with Crippen molar-refractivity contribution in [3.8, 4) is 5.75 Å². The van der Waals surface area contributed by atoms with Crippen LogP contribution in [0.1, 0.15) is 27.8 Å². The van der Waals surface area contributed by atoms with E-state index in [2.05, 4.69) is 5.10 Å². The molecule has 3 N–H and O–H groups in total. The summed E-state index contributed by atoms with van der Waals surface area (Å²) in [4.78, 5) is 35.7. The number of hydrogen-bond donors (Lipinski definition) is 2. The van der Waals surface area contributed by atoms with Crippen LogP contribution >= 0.6 is 0 Å². The Morgan fingerprint density at radius 1 is 1.18 bits per heavy atom. The molecule has 3 aromatic rings. The number of aromatic nitrogens is 2. The SMILES string of the molecule is CC(=O)c1cccc(OCC(O)Cn2nc(C(N)=O)c3ccccc3c2=O)c1. The summed E-state index contributed by atoms with van der Waals surface area (Å²) >= 11 is 0. The van der Waals surface area contributed by atoms with E-state index in [0.717, 1.165) is 4.68 Å². The van der Waals surface area contributed by atoms with Gasteiger partial charge in [-0.3, -0.25) is 14.4 Å². The molecule has 1 atom stereocenters. The highest BCUT2D eigenvalue weighted by Crippen LogP contribution is 2.15. The third kappa shape index (κ3) is 4.07. The molecule has 144 valence electrons. The van der Waals surface area contributed by atoms with Gasteiger partial charge in [0.1, 0.15) is 18.5 Å². The number of nitrogens with two attached hydrogens (primary N) is 1. The molecule has 2 aromatic carbocycles. The Labute approximate surface area is 160 Å². The van der Waals surface area contributed by atoms with Gasteiger partial charge in [-0.05, 0) is 25.1 Å². The summed E-state index contributed by atoms with van der Waals surface area (Å²) in [5.74, 6) is -0.447. The third-order valence-corrected chi connectivity index (χ3v) is 4.17. The molecule has 0 spiro atoms. The second-order valence-corrected chi connectivity index (χ2v) is 6.29. The summed E-state index contributed by atoms with van der Waals surface area (Å²) in [5.41, 5.74) is 5.37. The zero-order valence-corrected chi connectivity index (χ0v) is 15.2. The van der Waals surface area contributed by atoms with Crippen LogP contribution in [-0.4, -0.2) is 39.3 Å². The predicted molar refractivity (Wildman–Crippen MR) is 102 cm³/mol. The number of benzene rings is 2. The number of carbonyl (C=O) groups is 2. The van der Waals surface area contributed by atoms with Crippen molar-refractivity contribution >= 4 is 22.5 Å². The van der Waals surface area contributed by atoms with Gasteiger partial charge in [0.2, 0.25) is 0 Å². The highest BCUT2D eigenvalue weighted by atomic mass is 16.5. The summed E-state index contributed by atoms with van der Waals surface area (Å²) < 4.78 is 6.50. The van der Waals surface area contributed by atoms with Crippen molar-refractivity contribution in [2.24, 2.45) is 5.73 Å². The largest absolute Gasteiger partial charge is 0.491 e. The van der Waals surface area contributed by atoms with Crippen molar-refractivity contribution in [3.05, 3.63) is 70.1 Å². The Hall–Kier alpha value is -3.52. The van der Waals surface area contributed by atoms with Crippen molar-refractivity contribution < 1.29 is 19.4 Å². The standard InChI is InChI=1S/C20H19N3O5/c1-12(24)13-5-4-6-15(9-13)28-11-14(25)10-23-20(27)17-8-3-2-7-16(17)18(22-23)19(21)26/h2-9,14,25H,10-11H2,1H3,(H2,21,26). The van der Waals surface area contributed by atoms with Gasteiger partial charge in [0.15, 0.2) is 11.5 Å². The lowest BCUT2D eigenvalue weighted by Crippen LogP contribution is -2.34. The summed E-state index contributed by atoms with van der Waals surface area (Å²) in [6.45, 7) is 1.13. The summed E-state index contributed by atoms with van der Waals surface area (Å²) in [5, 5.41) is 14.9. The van der Waals surface area contributed by atoms with Gasteiger partial charge < -0.3 is 15.6 Å². The number of primary amides is 1. The van der Waals surface area contributed by atoms with Crippen LogP contribution in [0.3, 0.4) is 0 Å². The number of ketones is 1. The molecule has 0 aliphatic rings. The second-order valence-electron chi connectivity index (χ2n) is 6.29. The number of aliphatic hydroxyl groups excluding tert-OH is 1. The fraction of sp³-hybridized carbons (Fsp3) is 0.200. The van der Waals surface area contributed by atoms with E-state index in [4.69, 9.17) is 10.5 Å². The van der Waals surface area contributed by atoms with E-state index in [1.54, 1.807) is 48.5 Å². The van der Waals surface area contributed by atoms with Crippen LogP contribution in [0.25, 0.3) is 10.8 Å². The van der Waals surface area contributed by atoms with E-state index in [0.29, 0.717) is 16.7 Å². The molecule has 0 radical (unpaired) electrons. The topological polar surface area (TPSA) is 125 Å². The first-order chi connectivity index (χ1) is 13.4. The maximum absolute atomic E-state index is 12.6. The molecular formula is C20H19N3O5. The zero-order valence-electron chi connectivity index (χ0n) is 15.2. The molecule has 8 heteroatoms. The van der Waals surface area contributed by atoms with Crippen LogP contribution in [0.2, 0.25) is 0 Å². The summed E-state index contributed by atoms with van der Waals surface area (Å²) in [7, 11) is 0. The Kier molecular flexibility index (Phi) is 5.51. The molecule has 1 amide bonds. The minimum absolute atomic E-state index is 0.0440. The molecule has 1 aromatic heterocycles. The molecule has 1 unspecified atom stereocenters. The molecule has 0 saturated carbocycles. The number of carbonyl (C=O) groups excluding carboxylic acids is 2. The number of amides is 1. The van der Waals surface area contributed by atoms with E-state index >= 15 is 0 Å². The van der Waals surface area contributed by atoms with Gasteiger partial charge >= 0.3 is 0 Å². The predicted octanol–water partition coefficient (Wildman–Crippen LogP) is 1.14. The van der Waals surface area contributed by atoms with Gasteiger partial charge in [0.25, 0.3) is 11.5 Å². The van der Waals surface area contributed by atoms with Gasteiger partial charge in [-0.1, -0.05) is 30.3 Å². The van der Waals surface area contributed by atoms with Crippen molar-refractivity contribution in [2.45, 2.75) is 19.6 Å². The fourth-order valence-electron chi connectivity index (χ4n) is 2.79. The number of hydrogen-bond acceptors (Lipinski definition) is 6. The molecule has 0 fully saturated rings. The van der Waals surface area contributed by atoms with Crippen LogP contribution in [0.4, 0.5) is 0 Å². The summed E-state index contributed by atoms with van der Waals surface area (Å²) in [6, 6.07) is 13.1. The van der Waals surface area contributed by atoms with E-state index in [1.165, 1.54) is 6.92 Å². The normalized spacial score (nSPS) is 11.9. The Bertz CT molecular complexity index is 1110. The van der Waals surface area contributed by atoms with E-state index in [1.807, 2.05) is 0 Å². The first kappa shape index (κ1) is 19.2. The quantitative estimate of drug-likeness (QED) is 0.591. The number of ether oxygens (including phenoxy) is 1. The number of fused-ring (bicyclic) bond motifs is 1. The van der Waals surface area contributed by atoms with E-state index in [9.17, 15) is 19.5 Å². The Balaban J connectivity index is 1.80. The van der Waals surface area contributed by atoms with Crippen molar-refractivity contribution in [3.63, 3.8) is 0 Å². The zero-order chi connectivity index (χ0) is 20.3. The average Bonchev–Trinajstić information content (AvgIpc) is 2.68. The van der Waals surface area contributed by atoms with E-state index in [-0.39, 0.29) is 30.0 Å². The molecule has 0 bridgehead atoms. The first-order valence-corrected chi connectivity index (χ1v) is 8.58. The molecule has 28 heavy (non-hydrogen) atoms. The lowest BCUT2D eigenvalue weighted by Gasteiger charge is -2.15. The Morgan fingerprint density at radius 2 is 1.89 bits per heavy atom. The molecule has 0 aliphatic heterocycles. The molecule has 0 saturated heterocycles. The number of aliphatic hydroxyl groups is 1. The monoisotopic (exact) mass is 381 g/mol. The molecule has 8 nitrogen and oxygen atoms in total. The minimum Gasteiger partial charge on any atom is -0.491 e. The molecule has 1 heterocycles. The number of Topliss-reactive ketones (excluding diaryl/α,β-unsaturated/α-hetero) is 1. The highest BCUT2D eigenvalue weighted by molar-refractivity contribution is 6.03. The molecular weight excluding hydrogens is 362 g/mol. The number of nitrogens with zero attached hydrogens (tertiary/aromatic N) is 2. The van der Waals surface area contributed by atoms with Gasteiger partial charge in [-0.25, -0.2) is 4.68 Å². The van der Waals surface area contributed by atoms with Crippen LogP contribution < -0.4 is 16.0 Å². The summed E-state index contributed by atoms with van der Waals surface area (Å²) in [6.07, 6.45) is -1.08. The lowest BCUT2D eigenvalue weighted by molar-refractivity contribution is 0.0870. The first-order valence-electron chi connectivity index (χ1n) is 8.58. The molecule has 0 aliphatic carbocycles. The maximum atomic E-state index is 12.6. The fourth-order valence-corrected chi connectivity index (χ4v) is 2.79. The maximum Gasteiger partial charge on any atom is 0.274 e. The highest BCUT2D eigenvalue weighted by Gasteiger charge is 2.16. The third-order valence-electron chi connectivity index (χ3n) is 4.17. The van der Waals surface area contributed by atoms with Gasteiger partial charge in [0.05, 0.1) is 11.9 Å². The number of rotatable bonds is 7. The van der Waals surface area contributed by atoms with Gasteiger partial charge in [-0.15, -0.1) is 0 Å². The van der Waals surface area contributed by atoms with Gasteiger partial charge in [-0.2, -0.15) is 5.10 Å². The lowest BCUT2D eigenvalue weighted by atomic mass is 10.1. The van der Waals surface area contributed by atoms with Gasteiger partial charge in [0, 0.05) is 10.9 Å². The smallest absolute Gasteiger partial charge is 0.274 e. The van der Waals surface area contributed by atoms with E-state index < -0.39 is 17.6 Å². The van der Waals surface area contributed by atoms with Crippen molar-refractivity contribution in [2.75, 3.05) is 6.61 Å². The minimum atomic E-state index is -1.08. The van der Waals surface area contributed by atoms with Crippen LogP contribution in [0.15, 0.2) is 53.3 Å². The van der Waals surface area contributed by atoms with Crippen molar-refractivity contribution in [1.29, 1.82) is 0 Å². The second kappa shape index (κ2) is 8.01. The van der Waals surface area contributed by atoms with Crippen LogP contribution in [0, 0.1) is 0 Å². The molecule has 3 rings (SSSR count). The van der Waals surface area contributed by atoms with Crippen LogP contribution in [0.5, 0.6) is 5.75 Å². The van der Waals surface area contributed by atoms with Crippen LogP contribution in [-0.2, 0) is 6.54 Å². The average molecular weight is 381 g/mol.